The molecule has 98 valence electrons. The van der Waals surface area contributed by atoms with Crippen LogP contribution in [0.25, 0.3) is 0 Å². The van der Waals surface area contributed by atoms with Crippen molar-refractivity contribution in [1.29, 1.82) is 0 Å². The molecular formula is C13H23NO3. The number of hydrogen-bond donors (Lipinski definition) is 2. The minimum absolute atomic E-state index is 0.00741. The van der Waals surface area contributed by atoms with Gasteiger partial charge in [-0.1, -0.05) is 26.2 Å². The van der Waals surface area contributed by atoms with Crippen LogP contribution in [0.1, 0.15) is 58.3 Å². The smallest absolute Gasteiger partial charge is 0.303 e. The highest BCUT2D eigenvalue weighted by Gasteiger charge is 2.21. The quantitative estimate of drug-likeness (QED) is 0.750. The first kappa shape index (κ1) is 14.0. The molecular weight excluding hydrogens is 218 g/mol. The molecule has 0 bridgehead atoms. The third kappa shape index (κ3) is 5.71. The van der Waals surface area contributed by atoms with E-state index in [1.54, 1.807) is 0 Å². The van der Waals surface area contributed by atoms with E-state index in [1.807, 2.05) is 0 Å². The Labute approximate surface area is 103 Å². The molecule has 0 aromatic rings. The van der Waals surface area contributed by atoms with Crippen molar-refractivity contribution in [3.63, 3.8) is 0 Å². The Morgan fingerprint density at radius 1 is 1.29 bits per heavy atom. The number of carboxylic acid groups (broad SMARTS) is 1. The van der Waals surface area contributed by atoms with Gasteiger partial charge < -0.3 is 10.4 Å². The monoisotopic (exact) mass is 241 g/mol. The molecule has 2 unspecified atom stereocenters. The first-order valence-electron chi connectivity index (χ1n) is 6.63. The highest BCUT2D eigenvalue weighted by molar-refractivity contribution is 5.77. The zero-order valence-corrected chi connectivity index (χ0v) is 10.6. The first-order chi connectivity index (χ1) is 8.11. The van der Waals surface area contributed by atoms with Gasteiger partial charge in [-0.25, -0.2) is 0 Å². The number of rotatable bonds is 6. The predicted octanol–water partition coefficient (Wildman–Crippen LogP) is 2.33. The average molecular weight is 241 g/mol. The Hall–Kier alpha value is -1.06. The fourth-order valence-electron chi connectivity index (χ4n) is 2.49. The number of hydrogen-bond acceptors (Lipinski definition) is 2. The van der Waals surface area contributed by atoms with Crippen LogP contribution in [0.3, 0.4) is 0 Å². The van der Waals surface area contributed by atoms with Crippen molar-refractivity contribution < 1.29 is 14.7 Å². The lowest BCUT2D eigenvalue weighted by Gasteiger charge is -2.29. The molecule has 1 amide bonds. The number of carbonyl (C=O) groups excluding carboxylic acids is 1. The van der Waals surface area contributed by atoms with Crippen molar-refractivity contribution in [3.8, 4) is 0 Å². The molecule has 4 nitrogen and oxygen atoms in total. The zero-order valence-electron chi connectivity index (χ0n) is 10.6. The third-order valence-electron chi connectivity index (χ3n) is 3.52. The molecule has 1 fully saturated rings. The molecule has 4 heteroatoms. The number of aliphatic carboxylic acids is 1. The van der Waals surface area contributed by atoms with Gasteiger partial charge in [0.15, 0.2) is 0 Å². The molecule has 1 rings (SSSR count). The van der Waals surface area contributed by atoms with Gasteiger partial charge in [0.1, 0.15) is 0 Å². The summed E-state index contributed by atoms with van der Waals surface area (Å²) in [6.07, 6.45) is 6.66. The summed E-state index contributed by atoms with van der Waals surface area (Å²) in [6.45, 7) is 2.20. The molecule has 0 aromatic carbocycles. The van der Waals surface area contributed by atoms with Gasteiger partial charge >= 0.3 is 5.97 Å². The zero-order chi connectivity index (χ0) is 12.7. The van der Waals surface area contributed by atoms with Crippen molar-refractivity contribution in [3.05, 3.63) is 0 Å². The SMILES string of the molecule is CCC1CCCC(NC(=O)CCCC(=O)O)C1. The van der Waals surface area contributed by atoms with E-state index in [0.29, 0.717) is 18.9 Å². The van der Waals surface area contributed by atoms with Crippen LogP contribution in [0.5, 0.6) is 0 Å². The van der Waals surface area contributed by atoms with Crippen LogP contribution in [-0.2, 0) is 9.59 Å². The van der Waals surface area contributed by atoms with Gasteiger partial charge in [0.05, 0.1) is 0 Å². The van der Waals surface area contributed by atoms with E-state index in [2.05, 4.69) is 12.2 Å². The molecule has 0 saturated heterocycles. The molecule has 1 aliphatic carbocycles. The fourth-order valence-corrected chi connectivity index (χ4v) is 2.49. The summed E-state index contributed by atoms with van der Waals surface area (Å²) in [6, 6.07) is 0.311. The number of carboxylic acids is 1. The van der Waals surface area contributed by atoms with Crippen molar-refractivity contribution in [2.45, 2.75) is 64.3 Å². The molecule has 2 atom stereocenters. The van der Waals surface area contributed by atoms with Crippen molar-refractivity contribution in [2.24, 2.45) is 5.92 Å². The second-order valence-electron chi connectivity index (χ2n) is 4.95. The minimum atomic E-state index is -0.832. The minimum Gasteiger partial charge on any atom is -0.481 e. The van der Waals surface area contributed by atoms with Gasteiger partial charge in [-0.05, 0) is 25.2 Å². The lowest BCUT2D eigenvalue weighted by atomic mass is 9.84. The Morgan fingerprint density at radius 2 is 2.06 bits per heavy atom. The molecule has 0 radical (unpaired) electrons. The molecule has 17 heavy (non-hydrogen) atoms. The Bertz CT molecular complexity index is 265. The lowest BCUT2D eigenvalue weighted by Crippen LogP contribution is -2.38. The summed E-state index contributed by atoms with van der Waals surface area (Å²) in [5.74, 6) is -0.0809. The molecule has 2 N–H and O–H groups in total. The largest absolute Gasteiger partial charge is 0.481 e. The summed E-state index contributed by atoms with van der Waals surface area (Å²) in [5.41, 5.74) is 0. The summed E-state index contributed by atoms with van der Waals surface area (Å²) < 4.78 is 0. The highest BCUT2D eigenvalue weighted by Crippen LogP contribution is 2.26. The van der Waals surface area contributed by atoms with Crippen LogP contribution in [0.15, 0.2) is 0 Å². The van der Waals surface area contributed by atoms with Crippen LogP contribution in [-0.4, -0.2) is 23.0 Å². The Balaban J connectivity index is 2.19. The van der Waals surface area contributed by atoms with Crippen molar-refractivity contribution in [1.82, 2.24) is 5.32 Å². The van der Waals surface area contributed by atoms with Gasteiger partial charge in [-0.2, -0.15) is 0 Å². The molecule has 0 aliphatic heterocycles. The van der Waals surface area contributed by atoms with Crippen LogP contribution in [0.2, 0.25) is 0 Å². The van der Waals surface area contributed by atoms with E-state index in [-0.39, 0.29) is 12.3 Å². The van der Waals surface area contributed by atoms with E-state index in [4.69, 9.17) is 5.11 Å². The Morgan fingerprint density at radius 3 is 2.71 bits per heavy atom. The fraction of sp³-hybridized carbons (Fsp3) is 0.846. The van der Waals surface area contributed by atoms with Crippen LogP contribution in [0.4, 0.5) is 0 Å². The highest BCUT2D eigenvalue weighted by atomic mass is 16.4. The summed E-state index contributed by atoms with van der Waals surface area (Å²) in [5, 5.41) is 11.5. The van der Waals surface area contributed by atoms with Crippen LogP contribution >= 0.6 is 0 Å². The first-order valence-corrected chi connectivity index (χ1v) is 6.63. The summed E-state index contributed by atoms with van der Waals surface area (Å²) in [7, 11) is 0. The average Bonchev–Trinajstić information content (AvgIpc) is 2.28. The maximum absolute atomic E-state index is 11.6. The van der Waals surface area contributed by atoms with E-state index in [9.17, 15) is 9.59 Å². The second-order valence-corrected chi connectivity index (χ2v) is 4.95. The van der Waals surface area contributed by atoms with Crippen molar-refractivity contribution in [2.75, 3.05) is 0 Å². The summed E-state index contributed by atoms with van der Waals surface area (Å²) in [4.78, 5) is 21.9. The van der Waals surface area contributed by atoms with E-state index >= 15 is 0 Å². The summed E-state index contributed by atoms with van der Waals surface area (Å²) >= 11 is 0. The number of amides is 1. The van der Waals surface area contributed by atoms with E-state index in [1.165, 1.54) is 19.3 Å². The topological polar surface area (TPSA) is 66.4 Å². The van der Waals surface area contributed by atoms with Gasteiger partial charge in [0, 0.05) is 18.9 Å². The van der Waals surface area contributed by atoms with Gasteiger partial charge in [-0.15, -0.1) is 0 Å². The third-order valence-corrected chi connectivity index (χ3v) is 3.52. The van der Waals surface area contributed by atoms with Crippen molar-refractivity contribution >= 4 is 11.9 Å². The molecule has 0 aromatic heterocycles. The maximum Gasteiger partial charge on any atom is 0.303 e. The van der Waals surface area contributed by atoms with Gasteiger partial charge in [0.25, 0.3) is 0 Å². The van der Waals surface area contributed by atoms with Crippen LogP contribution < -0.4 is 5.32 Å². The van der Waals surface area contributed by atoms with Crippen LogP contribution in [0, 0.1) is 5.92 Å². The predicted molar refractivity (Wildman–Crippen MR) is 65.7 cm³/mol. The maximum atomic E-state index is 11.6. The van der Waals surface area contributed by atoms with E-state index in [0.717, 1.165) is 18.8 Å². The Kier molecular flexibility index (Phi) is 6.01. The molecule has 1 aliphatic rings. The lowest BCUT2D eigenvalue weighted by molar-refractivity contribution is -0.137. The second kappa shape index (κ2) is 7.30. The van der Waals surface area contributed by atoms with E-state index < -0.39 is 5.97 Å². The molecule has 0 spiro atoms. The number of nitrogens with one attached hydrogen (secondary N) is 1. The normalized spacial score (nSPS) is 24.3. The number of carbonyl (C=O) groups is 2. The van der Waals surface area contributed by atoms with Gasteiger partial charge in [0.2, 0.25) is 5.91 Å². The van der Waals surface area contributed by atoms with Gasteiger partial charge in [-0.3, -0.25) is 9.59 Å². The molecule has 1 saturated carbocycles. The standard InChI is InChI=1S/C13H23NO3/c1-2-10-5-3-6-11(9-10)14-12(15)7-4-8-13(16)17/h10-11H,2-9H2,1H3,(H,14,15)(H,16,17). The molecule has 0 heterocycles.